The standard InChI is InChI=1S/C14H16N4O3/c1-9(7-10-5-4-6-21-10)16-12-11(8-15)13(19)18(3)14(20)17(12)2/h4-6,9,16H,7H2,1-3H3/t9-/m0/s1. The largest absolute Gasteiger partial charge is 0.469 e. The van der Waals surface area contributed by atoms with Crippen LogP contribution in [-0.2, 0) is 20.5 Å². The lowest BCUT2D eigenvalue weighted by atomic mass is 10.2. The maximum absolute atomic E-state index is 12.0. The van der Waals surface area contributed by atoms with Crippen molar-refractivity contribution in [1.29, 1.82) is 5.26 Å². The fourth-order valence-electron chi connectivity index (χ4n) is 2.13. The van der Waals surface area contributed by atoms with E-state index in [1.54, 1.807) is 12.3 Å². The fourth-order valence-corrected chi connectivity index (χ4v) is 2.13. The first kappa shape index (κ1) is 14.7. The number of hydrogen-bond acceptors (Lipinski definition) is 5. The van der Waals surface area contributed by atoms with Crippen LogP contribution in [0.15, 0.2) is 32.4 Å². The number of furan rings is 1. The molecule has 1 N–H and O–H groups in total. The van der Waals surface area contributed by atoms with Crippen LogP contribution in [0.4, 0.5) is 5.82 Å². The normalized spacial score (nSPS) is 11.9. The molecule has 7 nitrogen and oxygen atoms in total. The molecule has 1 atom stereocenters. The van der Waals surface area contributed by atoms with Crippen molar-refractivity contribution in [3.63, 3.8) is 0 Å². The van der Waals surface area contributed by atoms with E-state index < -0.39 is 11.2 Å². The van der Waals surface area contributed by atoms with Gasteiger partial charge in [-0.05, 0) is 19.1 Å². The van der Waals surface area contributed by atoms with Crippen molar-refractivity contribution >= 4 is 5.82 Å². The van der Waals surface area contributed by atoms with E-state index in [0.717, 1.165) is 10.3 Å². The Morgan fingerprint density at radius 3 is 2.67 bits per heavy atom. The van der Waals surface area contributed by atoms with Crippen molar-refractivity contribution in [2.24, 2.45) is 14.1 Å². The first-order chi connectivity index (χ1) is 9.95. The van der Waals surface area contributed by atoms with Crippen LogP contribution >= 0.6 is 0 Å². The van der Waals surface area contributed by atoms with E-state index in [4.69, 9.17) is 4.42 Å². The zero-order chi connectivity index (χ0) is 15.6. The second-order valence-electron chi connectivity index (χ2n) is 4.87. The van der Waals surface area contributed by atoms with Gasteiger partial charge in [0.25, 0.3) is 5.56 Å². The molecule has 2 rings (SSSR count). The summed E-state index contributed by atoms with van der Waals surface area (Å²) in [4.78, 5) is 23.9. The highest BCUT2D eigenvalue weighted by molar-refractivity contribution is 5.51. The number of nitrogens with one attached hydrogen (secondary N) is 1. The van der Waals surface area contributed by atoms with Crippen LogP contribution in [0.25, 0.3) is 0 Å². The Kier molecular flexibility index (Phi) is 3.98. The lowest BCUT2D eigenvalue weighted by Gasteiger charge is -2.18. The maximum Gasteiger partial charge on any atom is 0.332 e. The maximum atomic E-state index is 12.0. The van der Waals surface area contributed by atoms with E-state index in [1.165, 1.54) is 18.7 Å². The molecule has 0 amide bonds. The molecule has 0 spiro atoms. The molecule has 0 aliphatic carbocycles. The lowest BCUT2D eigenvalue weighted by Crippen LogP contribution is -2.40. The fraction of sp³-hybridized carbons (Fsp3) is 0.357. The van der Waals surface area contributed by atoms with Crippen LogP contribution < -0.4 is 16.6 Å². The van der Waals surface area contributed by atoms with Crippen LogP contribution in [0.3, 0.4) is 0 Å². The van der Waals surface area contributed by atoms with E-state index in [-0.39, 0.29) is 17.4 Å². The van der Waals surface area contributed by atoms with Crippen molar-refractivity contribution in [3.8, 4) is 6.07 Å². The van der Waals surface area contributed by atoms with Gasteiger partial charge in [-0.3, -0.25) is 13.9 Å². The van der Waals surface area contributed by atoms with E-state index in [1.807, 2.05) is 19.1 Å². The summed E-state index contributed by atoms with van der Waals surface area (Å²) in [5.41, 5.74) is -1.16. The summed E-state index contributed by atoms with van der Waals surface area (Å²) in [5.74, 6) is 1.01. The van der Waals surface area contributed by atoms with Gasteiger partial charge in [0.05, 0.1) is 6.26 Å². The molecule has 2 aromatic rings. The number of hydrogen-bond donors (Lipinski definition) is 1. The zero-order valence-corrected chi connectivity index (χ0v) is 12.1. The summed E-state index contributed by atoms with van der Waals surface area (Å²) >= 11 is 0. The average Bonchev–Trinajstić information content (AvgIpc) is 2.95. The van der Waals surface area contributed by atoms with Crippen LogP contribution in [0.5, 0.6) is 0 Å². The van der Waals surface area contributed by atoms with E-state index in [0.29, 0.717) is 6.42 Å². The van der Waals surface area contributed by atoms with Crippen molar-refractivity contribution < 1.29 is 4.42 Å². The highest BCUT2D eigenvalue weighted by atomic mass is 16.3. The molecule has 0 saturated carbocycles. The highest BCUT2D eigenvalue weighted by Crippen LogP contribution is 2.12. The average molecular weight is 288 g/mol. The Morgan fingerprint density at radius 2 is 2.10 bits per heavy atom. The molecule has 0 saturated heterocycles. The van der Waals surface area contributed by atoms with Crippen molar-refractivity contribution in [1.82, 2.24) is 9.13 Å². The van der Waals surface area contributed by atoms with E-state index in [9.17, 15) is 14.9 Å². The lowest BCUT2D eigenvalue weighted by molar-refractivity contribution is 0.497. The molecule has 0 aliphatic rings. The Bertz CT molecular complexity index is 793. The number of nitriles is 1. The summed E-state index contributed by atoms with van der Waals surface area (Å²) in [6.07, 6.45) is 2.15. The van der Waals surface area contributed by atoms with Crippen LogP contribution in [-0.4, -0.2) is 15.2 Å². The van der Waals surface area contributed by atoms with Gasteiger partial charge < -0.3 is 9.73 Å². The van der Waals surface area contributed by atoms with Crippen molar-refractivity contribution in [2.75, 3.05) is 5.32 Å². The second-order valence-corrected chi connectivity index (χ2v) is 4.87. The topological polar surface area (TPSA) is 93.0 Å². The highest BCUT2D eigenvalue weighted by Gasteiger charge is 2.17. The van der Waals surface area contributed by atoms with Gasteiger partial charge in [-0.25, -0.2) is 4.79 Å². The Morgan fingerprint density at radius 1 is 1.38 bits per heavy atom. The minimum absolute atomic E-state index is 0.0779. The monoisotopic (exact) mass is 288 g/mol. The van der Waals surface area contributed by atoms with Gasteiger partial charge in [-0.15, -0.1) is 0 Å². The van der Waals surface area contributed by atoms with Crippen LogP contribution in [0.2, 0.25) is 0 Å². The SMILES string of the molecule is C[C@@H](Cc1ccco1)Nc1c(C#N)c(=O)n(C)c(=O)n1C. The predicted molar refractivity (Wildman–Crippen MR) is 77.1 cm³/mol. The van der Waals surface area contributed by atoms with Crippen LogP contribution in [0.1, 0.15) is 18.2 Å². The zero-order valence-electron chi connectivity index (χ0n) is 12.1. The molecule has 0 bridgehead atoms. The van der Waals surface area contributed by atoms with Gasteiger partial charge in [0.15, 0.2) is 5.56 Å². The third kappa shape index (κ3) is 2.74. The molecular formula is C14H16N4O3. The van der Waals surface area contributed by atoms with Gasteiger partial charge in [-0.2, -0.15) is 5.26 Å². The van der Waals surface area contributed by atoms with Gasteiger partial charge in [0.1, 0.15) is 17.6 Å². The van der Waals surface area contributed by atoms with Gasteiger partial charge in [-0.1, -0.05) is 0 Å². The number of rotatable bonds is 4. The molecule has 21 heavy (non-hydrogen) atoms. The summed E-state index contributed by atoms with van der Waals surface area (Å²) in [6.45, 7) is 1.88. The Balaban J connectivity index is 2.38. The first-order valence-electron chi connectivity index (χ1n) is 6.44. The molecule has 0 aliphatic heterocycles. The first-order valence-corrected chi connectivity index (χ1v) is 6.44. The van der Waals surface area contributed by atoms with Gasteiger partial charge in [0, 0.05) is 26.6 Å². The second kappa shape index (κ2) is 5.71. The minimum Gasteiger partial charge on any atom is -0.469 e. The van der Waals surface area contributed by atoms with Crippen LogP contribution in [0, 0.1) is 11.3 Å². The molecule has 0 radical (unpaired) electrons. The molecule has 0 fully saturated rings. The summed E-state index contributed by atoms with van der Waals surface area (Å²) in [5, 5.41) is 12.2. The molecule has 110 valence electrons. The minimum atomic E-state index is -0.603. The molecule has 0 aromatic carbocycles. The summed E-state index contributed by atoms with van der Waals surface area (Å²) in [6, 6.07) is 5.38. The molecule has 0 unspecified atom stereocenters. The van der Waals surface area contributed by atoms with E-state index in [2.05, 4.69) is 5.32 Å². The smallest absolute Gasteiger partial charge is 0.332 e. The number of anilines is 1. The van der Waals surface area contributed by atoms with Crippen molar-refractivity contribution in [3.05, 3.63) is 50.6 Å². The Labute approximate surface area is 121 Å². The quantitative estimate of drug-likeness (QED) is 0.889. The van der Waals surface area contributed by atoms with Gasteiger partial charge in [0.2, 0.25) is 0 Å². The third-order valence-corrected chi connectivity index (χ3v) is 3.25. The predicted octanol–water partition coefficient (Wildman–Crippen LogP) is 0.592. The molecule has 2 heterocycles. The number of aromatic nitrogens is 2. The van der Waals surface area contributed by atoms with Gasteiger partial charge >= 0.3 is 5.69 Å². The third-order valence-electron chi connectivity index (χ3n) is 3.25. The summed E-state index contributed by atoms with van der Waals surface area (Å²) in [7, 11) is 2.87. The van der Waals surface area contributed by atoms with Crippen molar-refractivity contribution in [2.45, 2.75) is 19.4 Å². The molecule has 7 heteroatoms. The molecule has 2 aromatic heterocycles. The van der Waals surface area contributed by atoms with E-state index >= 15 is 0 Å². The summed E-state index contributed by atoms with van der Waals surface area (Å²) < 4.78 is 7.44. The Hall–Kier alpha value is -2.75. The number of nitrogens with zero attached hydrogens (tertiary/aromatic N) is 3. The molecular weight excluding hydrogens is 272 g/mol.